The summed E-state index contributed by atoms with van der Waals surface area (Å²) in [5.74, 6) is 0.0116. The zero-order valence-corrected chi connectivity index (χ0v) is 10.9. The minimum Gasteiger partial charge on any atom is -0.378 e. The number of rotatable bonds is 4. The summed E-state index contributed by atoms with van der Waals surface area (Å²) in [6, 6.07) is -0.181. The number of hydrogen-bond donors (Lipinski definition) is 1. The van der Waals surface area contributed by atoms with Crippen molar-refractivity contribution in [3.8, 4) is 0 Å². The Hall–Kier alpha value is -0.660. The fraction of sp³-hybridized carbons (Fsp3) is 0.900. The molecule has 0 bridgehead atoms. The molecule has 0 aromatic carbocycles. The van der Waals surface area contributed by atoms with Crippen LogP contribution in [0.25, 0.3) is 0 Å². The van der Waals surface area contributed by atoms with Gasteiger partial charge < -0.3 is 9.64 Å². The summed E-state index contributed by atoms with van der Waals surface area (Å²) < 4.78 is 31.1. The highest BCUT2D eigenvalue weighted by Crippen LogP contribution is 2.17. The number of carbonyl (C=O) groups excluding carboxylic acids is 1. The van der Waals surface area contributed by atoms with Crippen LogP contribution < -0.4 is 4.72 Å². The number of amides is 1. The van der Waals surface area contributed by atoms with E-state index in [1.807, 2.05) is 13.8 Å². The van der Waals surface area contributed by atoms with Crippen LogP contribution in [0.15, 0.2) is 0 Å². The molecule has 1 unspecified atom stereocenters. The van der Waals surface area contributed by atoms with E-state index in [0.717, 1.165) is 0 Å². The van der Waals surface area contributed by atoms with Crippen LogP contribution in [0.2, 0.25) is 0 Å². The topological polar surface area (TPSA) is 75.7 Å². The van der Waals surface area contributed by atoms with E-state index in [2.05, 4.69) is 4.72 Å². The van der Waals surface area contributed by atoms with Gasteiger partial charge in [-0.25, -0.2) is 13.1 Å². The first-order valence-corrected chi connectivity index (χ1v) is 7.33. The van der Waals surface area contributed by atoms with Crippen LogP contribution in [0, 0.1) is 0 Å². The maximum atomic E-state index is 11.8. The van der Waals surface area contributed by atoms with Crippen molar-refractivity contribution in [3.05, 3.63) is 0 Å². The SMILES string of the molecule is CC(C)N1CC(NS(=O)(=O)C2COC2)CC1=O. The molecule has 2 fully saturated rings. The molecule has 0 aromatic rings. The van der Waals surface area contributed by atoms with E-state index in [-0.39, 0.29) is 37.6 Å². The third kappa shape index (κ3) is 2.61. The minimum atomic E-state index is -3.33. The number of carbonyl (C=O) groups is 1. The molecule has 0 aromatic heterocycles. The third-order valence-corrected chi connectivity index (χ3v) is 4.97. The number of sulfonamides is 1. The Kier molecular flexibility index (Phi) is 3.42. The lowest BCUT2D eigenvalue weighted by atomic mass is 10.3. The molecule has 6 nitrogen and oxygen atoms in total. The lowest BCUT2D eigenvalue weighted by Crippen LogP contribution is -2.50. The van der Waals surface area contributed by atoms with Crippen LogP contribution in [-0.2, 0) is 19.6 Å². The minimum absolute atomic E-state index is 0.0116. The first-order valence-electron chi connectivity index (χ1n) is 5.78. The van der Waals surface area contributed by atoms with Gasteiger partial charge in [-0.3, -0.25) is 4.79 Å². The van der Waals surface area contributed by atoms with Gasteiger partial charge in [0.1, 0.15) is 5.25 Å². The second-order valence-electron chi connectivity index (χ2n) is 4.86. The predicted molar refractivity (Wildman–Crippen MR) is 61.9 cm³/mol. The maximum absolute atomic E-state index is 11.8. The van der Waals surface area contributed by atoms with E-state index in [9.17, 15) is 13.2 Å². The van der Waals surface area contributed by atoms with Crippen molar-refractivity contribution in [2.24, 2.45) is 0 Å². The predicted octanol–water partition coefficient (Wildman–Crippen LogP) is -0.686. The highest BCUT2D eigenvalue weighted by molar-refractivity contribution is 7.90. The highest BCUT2D eigenvalue weighted by Gasteiger charge is 2.38. The van der Waals surface area contributed by atoms with Crippen molar-refractivity contribution >= 4 is 15.9 Å². The highest BCUT2D eigenvalue weighted by atomic mass is 32.2. The Morgan fingerprint density at radius 3 is 2.47 bits per heavy atom. The van der Waals surface area contributed by atoms with Crippen molar-refractivity contribution < 1.29 is 17.9 Å². The van der Waals surface area contributed by atoms with Gasteiger partial charge in [-0.15, -0.1) is 0 Å². The van der Waals surface area contributed by atoms with Crippen molar-refractivity contribution in [2.75, 3.05) is 19.8 Å². The molecule has 2 rings (SSSR count). The first kappa shape index (κ1) is 12.8. The van der Waals surface area contributed by atoms with Gasteiger partial charge in [-0.05, 0) is 13.8 Å². The lowest BCUT2D eigenvalue weighted by Gasteiger charge is -2.27. The van der Waals surface area contributed by atoms with Crippen LogP contribution in [-0.4, -0.2) is 56.3 Å². The Balaban J connectivity index is 1.95. The zero-order valence-electron chi connectivity index (χ0n) is 10.0. The number of nitrogens with one attached hydrogen (secondary N) is 1. The van der Waals surface area contributed by atoms with Crippen molar-refractivity contribution in [2.45, 2.75) is 37.6 Å². The molecule has 0 radical (unpaired) electrons. The molecule has 0 saturated carbocycles. The fourth-order valence-electron chi connectivity index (χ4n) is 2.03. The molecule has 1 N–H and O–H groups in total. The van der Waals surface area contributed by atoms with E-state index in [1.165, 1.54) is 0 Å². The average molecular weight is 262 g/mol. The molecule has 1 amide bonds. The van der Waals surface area contributed by atoms with Gasteiger partial charge in [-0.1, -0.05) is 0 Å². The van der Waals surface area contributed by atoms with E-state index >= 15 is 0 Å². The van der Waals surface area contributed by atoms with Gasteiger partial charge in [0, 0.05) is 25.0 Å². The summed E-state index contributed by atoms with van der Waals surface area (Å²) in [4.78, 5) is 13.3. The van der Waals surface area contributed by atoms with E-state index in [1.54, 1.807) is 4.90 Å². The van der Waals surface area contributed by atoms with E-state index in [0.29, 0.717) is 6.54 Å². The summed E-state index contributed by atoms with van der Waals surface area (Å²) in [7, 11) is -3.33. The summed E-state index contributed by atoms with van der Waals surface area (Å²) >= 11 is 0. The van der Waals surface area contributed by atoms with Gasteiger partial charge in [0.15, 0.2) is 0 Å². The standard InChI is InChI=1S/C10H18N2O4S/c1-7(2)12-4-8(3-10(12)13)11-17(14,15)9-5-16-6-9/h7-9,11H,3-6H2,1-2H3. The Morgan fingerprint density at radius 1 is 1.41 bits per heavy atom. The van der Waals surface area contributed by atoms with Crippen LogP contribution in [0.3, 0.4) is 0 Å². The number of likely N-dealkylation sites (tertiary alicyclic amines) is 1. The van der Waals surface area contributed by atoms with Gasteiger partial charge in [-0.2, -0.15) is 0 Å². The third-order valence-electron chi connectivity index (χ3n) is 3.16. The molecule has 7 heteroatoms. The summed E-state index contributed by atoms with van der Waals surface area (Å²) in [6.07, 6.45) is 0.255. The molecule has 17 heavy (non-hydrogen) atoms. The largest absolute Gasteiger partial charge is 0.378 e. The van der Waals surface area contributed by atoms with Crippen molar-refractivity contribution in [3.63, 3.8) is 0 Å². The monoisotopic (exact) mass is 262 g/mol. The number of ether oxygens (including phenoxy) is 1. The Bertz CT molecular complexity index is 403. The van der Waals surface area contributed by atoms with E-state index < -0.39 is 15.3 Å². The molecule has 2 aliphatic rings. The van der Waals surface area contributed by atoms with Crippen LogP contribution in [0.5, 0.6) is 0 Å². The van der Waals surface area contributed by atoms with Gasteiger partial charge in [0.2, 0.25) is 15.9 Å². The Labute approximate surface area is 101 Å². The van der Waals surface area contributed by atoms with Crippen LogP contribution in [0.4, 0.5) is 0 Å². The molecule has 2 saturated heterocycles. The molecule has 2 heterocycles. The lowest BCUT2D eigenvalue weighted by molar-refractivity contribution is -0.129. The molecule has 0 spiro atoms. The molecule has 2 aliphatic heterocycles. The second kappa shape index (κ2) is 4.55. The molecular weight excluding hydrogens is 244 g/mol. The first-order chi connectivity index (χ1) is 7.90. The zero-order chi connectivity index (χ0) is 12.6. The van der Waals surface area contributed by atoms with Gasteiger partial charge in [0.05, 0.1) is 13.2 Å². The van der Waals surface area contributed by atoms with Crippen LogP contribution >= 0.6 is 0 Å². The van der Waals surface area contributed by atoms with Gasteiger partial charge in [0.25, 0.3) is 0 Å². The normalized spacial score (nSPS) is 26.6. The smallest absolute Gasteiger partial charge is 0.224 e. The molecular formula is C10H18N2O4S. The Morgan fingerprint density at radius 2 is 2.06 bits per heavy atom. The number of hydrogen-bond acceptors (Lipinski definition) is 4. The molecule has 98 valence electrons. The van der Waals surface area contributed by atoms with Crippen LogP contribution in [0.1, 0.15) is 20.3 Å². The number of nitrogens with zero attached hydrogens (tertiary/aromatic N) is 1. The second-order valence-corrected chi connectivity index (χ2v) is 6.86. The molecule has 1 atom stereocenters. The van der Waals surface area contributed by atoms with Gasteiger partial charge >= 0.3 is 0 Å². The summed E-state index contributed by atoms with van der Waals surface area (Å²) in [5.41, 5.74) is 0. The summed E-state index contributed by atoms with van der Waals surface area (Å²) in [5, 5.41) is -0.453. The average Bonchev–Trinajstić information content (AvgIpc) is 2.40. The molecule has 0 aliphatic carbocycles. The van der Waals surface area contributed by atoms with Crippen molar-refractivity contribution in [1.82, 2.24) is 9.62 Å². The van der Waals surface area contributed by atoms with E-state index in [4.69, 9.17) is 4.74 Å². The fourth-order valence-corrected chi connectivity index (χ4v) is 3.40. The summed E-state index contributed by atoms with van der Waals surface area (Å²) in [6.45, 7) is 4.82. The quantitative estimate of drug-likeness (QED) is 0.728. The maximum Gasteiger partial charge on any atom is 0.224 e. The van der Waals surface area contributed by atoms with Crippen molar-refractivity contribution in [1.29, 1.82) is 0 Å².